The molecule has 3 aromatic rings. The largest absolute Gasteiger partial charge is 0.431 e. The lowest BCUT2D eigenvalue weighted by Crippen LogP contribution is -1.81. The monoisotopic (exact) mass is 257 g/mol. The molecule has 2 N–H and O–H groups in total. The minimum atomic E-state index is 0.578. The first-order valence-corrected chi connectivity index (χ1v) is 6.29. The summed E-state index contributed by atoms with van der Waals surface area (Å²) in [5.74, 6) is 0. The molecule has 0 saturated carbocycles. The molecule has 90 valence electrons. The van der Waals surface area contributed by atoms with Crippen LogP contribution in [0.4, 0.5) is 5.69 Å². The van der Waals surface area contributed by atoms with Crippen LogP contribution in [-0.4, -0.2) is 9.97 Å². The Balaban J connectivity index is 1.95. The van der Waals surface area contributed by atoms with E-state index in [0.717, 1.165) is 16.1 Å². The highest BCUT2D eigenvalue weighted by molar-refractivity contribution is 7.99. The van der Waals surface area contributed by atoms with Gasteiger partial charge in [0.15, 0.2) is 5.58 Å². The van der Waals surface area contributed by atoms with E-state index in [9.17, 15) is 0 Å². The summed E-state index contributed by atoms with van der Waals surface area (Å²) in [7, 11) is 0. The van der Waals surface area contributed by atoms with Crippen molar-refractivity contribution in [2.75, 3.05) is 5.73 Å². The summed E-state index contributed by atoms with van der Waals surface area (Å²) >= 11 is 1.40. The van der Waals surface area contributed by atoms with Crippen molar-refractivity contribution < 1.29 is 4.42 Å². The molecular weight excluding hydrogens is 246 g/mol. The summed E-state index contributed by atoms with van der Waals surface area (Å²) in [6.07, 6.45) is 1.78. The Hall–Kier alpha value is -2.01. The van der Waals surface area contributed by atoms with Gasteiger partial charge < -0.3 is 10.2 Å². The molecule has 0 atom stereocenters. The molecule has 4 nitrogen and oxygen atoms in total. The highest BCUT2D eigenvalue weighted by atomic mass is 32.2. The summed E-state index contributed by atoms with van der Waals surface area (Å²) in [5.41, 5.74) is 9.03. The van der Waals surface area contributed by atoms with Gasteiger partial charge in [-0.3, -0.25) is 0 Å². The molecule has 18 heavy (non-hydrogen) atoms. The summed E-state index contributed by atoms with van der Waals surface area (Å²) in [6.45, 7) is 2.03. The number of hydrogen-bond donors (Lipinski definition) is 1. The average molecular weight is 257 g/mol. The average Bonchev–Trinajstić information content (AvgIpc) is 2.70. The van der Waals surface area contributed by atoms with E-state index in [4.69, 9.17) is 10.2 Å². The molecule has 0 saturated heterocycles. The van der Waals surface area contributed by atoms with Crippen molar-refractivity contribution in [3.05, 3.63) is 42.1 Å². The van der Waals surface area contributed by atoms with Crippen molar-refractivity contribution in [3.8, 4) is 0 Å². The second-order valence-electron chi connectivity index (χ2n) is 3.98. The topological polar surface area (TPSA) is 64.9 Å². The van der Waals surface area contributed by atoms with Crippen LogP contribution in [0, 0.1) is 6.92 Å². The SMILES string of the molecule is Cc1ccnc(Sc2nc3ccc(N)cc3o2)c1. The summed E-state index contributed by atoms with van der Waals surface area (Å²) in [5, 5.41) is 1.45. The number of anilines is 1. The Bertz CT molecular complexity index is 708. The van der Waals surface area contributed by atoms with Gasteiger partial charge in [-0.2, -0.15) is 0 Å². The lowest BCUT2D eigenvalue weighted by molar-refractivity contribution is 0.489. The minimum Gasteiger partial charge on any atom is -0.431 e. The second kappa shape index (κ2) is 4.34. The van der Waals surface area contributed by atoms with E-state index in [1.807, 2.05) is 31.2 Å². The van der Waals surface area contributed by atoms with Crippen LogP contribution in [0.5, 0.6) is 0 Å². The first-order chi connectivity index (χ1) is 8.70. The van der Waals surface area contributed by atoms with Crippen molar-refractivity contribution in [2.45, 2.75) is 17.2 Å². The van der Waals surface area contributed by atoms with Crippen LogP contribution < -0.4 is 5.73 Å². The minimum absolute atomic E-state index is 0.578. The molecule has 0 aliphatic carbocycles. The van der Waals surface area contributed by atoms with Gasteiger partial charge in [0.2, 0.25) is 0 Å². The summed E-state index contributed by atoms with van der Waals surface area (Å²) in [4.78, 5) is 8.64. The van der Waals surface area contributed by atoms with E-state index in [1.165, 1.54) is 11.8 Å². The van der Waals surface area contributed by atoms with Crippen molar-refractivity contribution in [1.29, 1.82) is 0 Å². The number of benzene rings is 1. The maximum absolute atomic E-state index is 5.70. The fraction of sp³-hybridized carbons (Fsp3) is 0.0769. The van der Waals surface area contributed by atoms with Gasteiger partial charge >= 0.3 is 0 Å². The van der Waals surface area contributed by atoms with Gasteiger partial charge in [0.1, 0.15) is 10.5 Å². The number of nitrogens with zero attached hydrogens (tertiary/aromatic N) is 2. The van der Waals surface area contributed by atoms with E-state index in [1.54, 1.807) is 12.3 Å². The zero-order valence-electron chi connectivity index (χ0n) is 9.75. The smallest absolute Gasteiger partial charge is 0.263 e. The first-order valence-electron chi connectivity index (χ1n) is 5.47. The molecule has 0 unspecified atom stereocenters. The van der Waals surface area contributed by atoms with Gasteiger partial charge in [-0.1, -0.05) is 0 Å². The molecule has 5 heteroatoms. The molecule has 0 aliphatic rings. The predicted octanol–water partition coefficient (Wildman–Crippen LogP) is 3.26. The number of pyridine rings is 1. The van der Waals surface area contributed by atoms with Gasteiger partial charge in [0, 0.05) is 18.0 Å². The fourth-order valence-corrected chi connectivity index (χ4v) is 2.43. The van der Waals surface area contributed by atoms with Crippen LogP contribution in [0.2, 0.25) is 0 Å². The molecule has 0 amide bonds. The van der Waals surface area contributed by atoms with E-state index in [2.05, 4.69) is 9.97 Å². The number of nitrogens with two attached hydrogens (primary N) is 1. The Morgan fingerprint density at radius 3 is 2.94 bits per heavy atom. The van der Waals surface area contributed by atoms with Crippen molar-refractivity contribution in [3.63, 3.8) is 0 Å². The number of hydrogen-bond acceptors (Lipinski definition) is 5. The quantitative estimate of drug-likeness (QED) is 0.714. The molecular formula is C13H11N3OS. The Morgan fingerprint density at radius 2 is 2.11 bits per heavy atom. The number of aromatic nitrogens is 2. The molecule has 0 radical (unpaired) electrons. The molecule has 3 rings (SSSR count). The Morgan fingerprint density at radius 1 is 1.22 bits per heavy atom. The number of fused-ring (bicyclic) bond motifs is 1. The number of rotatable bonds is 2. The van der Waals surface area contributed by atoms with Crippen molar-refractivity contribution >= 4 is 28.5 Å². The number of aryl methyl sites for hydroxylation is 1. The van der Waals surface area contributed by atoms with Crippen LogP contribution in [-0.2, 0) is 0 Å². The fourth-order valence-electron chi connectivity index (χ4n) is 1.62. The van der Waals surface area contributed by atoms with Crippen LogP contribution in [0.25, 0.3) is 11.1 Å². The van der Waals surface area contributed by atoms with Gasteiger partial charge in [-0.05, 0) is 48.5 Å². The predicted molar refractivity (Wildman–Crippen MR) is 71.5 cm³/mol. The Kier molecular flexibility index (Phi) is 2.68. The van der Waals surface area contributed by atoms with Gasteiger partial charge in [-0.15, -0.1) is 0 Å². The van der Waals surface area contributed by atoms with Crippen LogP contribution >= 0.6 is 11.8 Å². The number of oxazole rings is 1. The maximum atomic E-state index is 5.70. The highest BCUT2D eigenvalue weighted by Gasteiger charge is 2.08. The second-order valence-corrected chi connectivity index (χ2v) is 4.95. The summed E-state index contributed by atoms with van der Waals surface area (Å²) in [6, 6.07) is 9.38. The number of nitrogen functional groups attached to an aromatic ring is 1. The van der Waals surface area contributed by atoms with Gasteiger partial charge in [0.05, 0.1) is 0 Å². The molecule has 2 heterocycles. The molecule has 0 spiro atoms. The first kappa shape index (κ1) is 11.1. The van der Waals surface area contributed by atoms with Crippen molar-refractivity contribution in [1.82, 2.24) is 9.97 Å². The van der Waals surface area contributed by atoms with Crippen LogP contribution in [0.15, 0.2) is 51.2 Å². The van der Waals surface area contributed by atoms with E-state index >= 15 is 0 Å². The van der Waals surface area contributed by atoms with E-state index < -0.39 is 0 Å². The molecule has 2 aromatic heterocycles. The standard InChI is InChI=1S/C13H11N3OS/c1-8-4-5-15-12(6-8)18-13-16-10-3-2-9(14)7-11(10)17-13/h2-7H,14H2,1H3. The third-order valence-corrected chi connectivity index (χ3v) is 3.26. The zero-order chi connectivity index (χ0) is 12.5. The normalized spacial score (nSPS) is 10.9. The highest BCUT2D eigenvalue weighted by Crippen LogP contribution is 2.29. The Labute approximate surface area is 108 Å². The maximum Gasteiger partial charge on any atom is 0.263 e. The molecule has 0 aliphatic heterocycles. The zero-order valence-corrected chi connectivity index (χ0v) is 10.6. The molecule has 1 aromatic carbocycles. The van der Waals surface area contributed by atoms with Crippen LogP contribution in [0.3, 0.4) is 0 Å². The lowest BCUT2D eigenvalue weighted by atomic mass is 10.3. The third kappa shape index (κ3) is 2.17. The molecule has 0 bridgehead atoms. The van der Waals surface area contributed by atoms with Crippen LogP contribution in [0.1, 0.15) is 5.56 Å². The van der Waals surface area contributed by atoms with Gasteiger partial charge in [-0.25, -0.2) is 9.97 Å². The van der Waals surface area contributed by atoms with E-state index in [0.29, 0.717) is 16.5 Å². The van der Waals surface area contributed by atoms with E-state index in [-0.39, 0.29) is 0 Å². The molecule has 0 fully saturated rings. The third-order valence-electron chi connectivity index (χ3n) is 2.48. The lowest BCUT2D eigenvalue weighted by Gasteiger charge is -1.96. The van der Waals surface area contributed by atoms with Gasteiger partial charge in [0.25, 0.3) is 5.22 Å². The summed E-state index contributed by atoms with van der Waals surface area (Å²) < 4.78 is 5.62. The van der Waals surface area contributed by atoms with Crippen molar-refractivity contribution in [2.24, 2.45) is 0 Å².